The molecule has 1 unspecified atom stereocenters. The lowest BCUT2D eigenvalue weighted by Crippen LogP contribution is -2.45. The summed E-state index contributed by atoms with van der Waals surface area (Å²) in [6.07, 6.45) is 2.25. The van der Waals surface area contributed by atoms with Crippen LogP contribution in [0.2, 0.25) is 0 Å². The molecule has 1 fully saturated rings. The van der Waals surface area contributed by atoms with Crippen molar-refractivity contribution in [3.63, 3.8) is 0 Å². The highest BCUT2D eigenvalue weighted by Crippen LogP contribution is 2.23. The first-order valence-corrected chi connectivity index (χ1v) is 8.25. The van der Waals surface area contributed by atoms with E-state index >= 15 is 0 Å². The molecule has 0 saturated carbocycles. The molecule has 0 spiro atoms. The lowest BCUT2D eigenvalue weighted by atomic mass is 10.0. The van der Waals surface area contributed by atoms with Gasteiger partial charge in [0.1, 0.15) is 0 Å². The zero-order chi connectivity index (χ0) is 16.0. The summed E-state index contributed by atoms with van der Waals surface area (Å²) in [7, 11) is 0. The quantitative estimate of drug-likeness (QED) is 0.649. The predicted molar refractivity (Wildman–Crippen MR) is 92.3 cm³/mol. The third-order valence-corrected chi connectivity index (χ3v) is 4.18. The maximum absolute atomic E-state index is 5.82. The number of nitrogens with zero attached hydrogens (tertiary/aromatic N) is 1. The summed E-state index contributed by atoms with van der Waals surface area (Å²) in [6, 6.07) is 6.52. The van der Waals surface area contributed by atoms with E-state index in [1.54, 1.807) is 0 Å². The fourth-order valence-corrected chi connectivity index (χ4v) is 2.78. The van der Waals surface area contributed by atoms with E-state index in [0.717, 1.165) is 38.5 Å². The van der Waals surface area contributed by atoms with Crippen LogP contribution in [0.3, 0.4) is 0 Å². The fourth-order valence-electron chi connectivity index (χ4n) is 2.78. The van der Waals surface area contributed by atoms with Crippen LogP contribution in [0.5, 0.6) is 0 Å². The van der Waals surface area contributed by atoms with E-state index in [4.69, 9.17) is 9.73 Å². The molecular formula is C18H29N3O. The van der Waals surface area contributed by atoms with Gasteiger partial charge >= 0.3 is 0 Å². The van der Waals surface area contributed by atoms with Gasteiger partial charge in [0.2, 0.25) is 0 Å². The standard InChI is InChI=1S/C18H29N3O/c1-5-19-17(21-13-18(4)9-6-10-22-18)20-12-16-8-7-14(2)11-15(16)3/h7-8,11H,5-6,9-10,12-13H2,1-4H3,(H2,19,20,21). The molecule has 1 saturated heterocycles. The normalized spacial score (nSPS) is 21.9. The number of benzene rings is 1. The monoisotopic (exact) mass is 303 g/mol. The number of nitrogens with one attached hydrogen (secondary N) is 2. The summed E-state index contributed by atoms with van der Waals surface area (Å²) in [5.41, 5.74) is 3.80. The van der Waals surface area contributed by atoms with Gasteiger partial charge in [-0.15, -0.1) is 0 Å². The molecule has 0 bridgehead atoms. The van der Waals surface area contributed by atoms with Gasteiger partial charge in [-0.3, -0.25) is 0 Å². The molecule has 0 amide bonds. The fraction of sp³-hybridized carbons (Fsp3) is 0.611. The zero-order valence-electron chi connectivity index (χ0n) is 14.3. The number of rotatable bonds is 5. The van der Waals surface area contributed by atoms with Crippen LogP contribution in [-0.2, 0) is 11.3 Å². The molecule has 2 rings (SSSR count). The molecule has 2 N–H and O–H groups in total. The molecule has 122 valence electrons. The van der Waals surface area contributed by atoms with E-state index in [-0.39, 0.29) is 5.60 Å². The average molecular weight is 303 g/mol. The number of ether oxygens (including phenoxy) is 1. The van der Waals surface area contributed by atoms with Crippen LogP contribution in [0, 0.1) is 13.8 Å². The summed E-state index contributed by atoms with van der Waals surface area (Å²) >= 11 is 0. The van der Waals surface area contributed by atoms with E-state index in [2.05, 4.69) is 56.5 Å². The SMILES string of the molecule is CCNC(=NCc1ccc(C)cc1C)NCC1(C)CCCO1. The van der Waals surface area contributed by atoms with Gasteiger partial charge in [0.25, 0.3) is 0 Å². The Labute approximate surface area is 134 Å². The van der Waals surface area contributed by atoms with Crippen LogP contribution in [0.1, 0.15) is 43.4 Å². The molecule has 1 aromatic rings. The minimum absolute atomic E-state index is 0.0596. The summed E-state index contributed by atoms with van der Waals surface area (Å²) < 4.78 is 5.82. The van der Waals surface area contributed by atoms with Gasteiger partial charge in [-0.25, -0.2) is 4.99 Å². The Balaban J connectivity index is 1.97. The molecular weight excluding hydrogens is 274 g/mol. The Morgan fingerprint density at radius 1 is 1.32 bits per heavy atom. The molecule has 1 atom stereocenters. The molecule has 0 aliphatic carbocycles. The molecule has 22 heavy (non-hydrogen) atoms. The van der Waals surface area contributed by atoms with Gasteiger partial charge in [0.15, 0.2) is 5.96 Å². The number of guanidine groups is 1. The number of aliphatic imine (C=N–C) groups is 1. The van der Waals surface area contributed by atoms with Crippen LogP contribution in [0.15, 0.2) is 23.2 Å². The molecule has 1 aliphatic rings. The van der Waals surface area contributed by atoms with Gasteiger partial charge in [0.05, 0.1) is 12.1 Å². The summed E-state index contributed by atoms with van der Waals surface area (Å²) in [5, 5.41) is 6.73. The first kappa shape index (κ1) is 16.8. The van der Waals surface area contributed by atoms with Crippen molar-refractivity contribution in [2.24, 2.45) is 4.99 Å². The summed E-state index contributed by atoms with van der Waals surface area (Å²) in [6.45, 7) is 11.7. The van der Waals surface area contributed by atoms with E-state index < -0.39 is 0 Å². The van der Waals surface area contributed by atoms with Crippen molar-refractivity contribution < 1.29 is 4.74 Å². The van der Waals surface area contributed by atoms with Crippen LogP contribution < -0.4 is 10.6 Å². The van der Waals surface area contributed by atoms with Crippen LogP contribution >= 0.6 is 0 Å². The minimum Gasteiger partial charge on any atom is -0.373 e. The lowest BCUT2D eigenvalue weighted by molar-refractivity contribution is 0.0243. The van der Waals surface area contributed by atoms with Gasteiger partial charge in [-0.1, -0.05) is 23.8 Å². The highest BCUT2D eigenvalue weighted by molar-refractivity contribution is 5.79. The minimum atomic E-state index is -0.0596. The first-order chi connectivity index (χ1) is 10.5. The molecule has 1 heterocycles. The van der Waals surface area contributed by atoms with Gasteiger partial charge in [-0.2, -0.15) is 0 Å². The summed E-state index contributed by atoms with van der Waals surface area (Å²) in [4.78, 5) is 4.71. The van der Waals surface area contributed by atoms with Gasteiger partial charge < -0.3 is 15.4 Å². The summed E-state index contributed by atoms with van der Waals surface area (Å²) in [5.74, 6) is 0.860. The Kier molecular flexibility index (Phi) is 5.83. The molecule has 1 aliphatic heterocycles. The largest absolute Gasteiger partial charge is 0.373 e. The van der Waals surface area contributed by atoms with Crippen molar-refractivity contribution >= 4 is 5.96 Å². The maximum Gasteiger partial charge on any atom is 0.191 e. The van der Waals surface area contributed by atoms with Crippen molar-refractivity contribution in [1.29, 1.82) is 0 Å². The number of hydrogen-bond donors (Lipinski definition) is 2. The van der Waals surface area contributed by atoms with Crippen molar-refractivity contribution in [3.05, 3.63) is 34.9 Å². The second kappa shape index (κ2) is 7.63. The van der Waals surface area contributed by atoms with E-state index in [0.29, 0.717) is 6.54 Å². The van der Waals surface area contributed by atoms with Gasteiger partial charge in [-0.05, 0) is 51.7 Å². The van der Waals surface area contributed by atoms with Crippen LogP contribution in [0.25, 0.3) is 0 Å². The van der Waals surface area contributed by atoms with E-state index in [9.17, 15) is 0 Å². The van der Waals surface area contributed by atoms with Crippen molar-refractivity contribution in [1.82, 2.24) is 10.6 Å². The molecule has 4 nitrogen and oxygen atoms in total. The molecule has 1 aromatic carbocycles. The smallest absolute Gasteiger partial charge is 0.191 e. The zero-order valence-corrected chi connectivity index (χ0v) is 14.3. The second-order valence-corrected chi connectivity index (χ2v) is 6.38. The topological polar surface area (TPSA) is 45.7 Å². The van der Waals surface area contributed by atoms with E-state index in [1.807, 2.05) is 0 Å². The number of aryl methyl sites for hydroxylation is 2. The third kappa shape index (κ3) is 4.73. The van der Waals surface area contributed by atoms with Crippen molar-refractivity contribution in [3.8, 4) is 0 Å². The second-order valence-electron chi connectivity index (χ2n) is 6.38. The number of hydrogen-bond acceptors (Lipinski definition) is 2. The third-order valence-electron chi connectivity index (χ3n) is 4.18. The highest BCUT2D eigenvalue weighted by Gasteiger charge is 2.29. The first-order valence-electron chi connectivity index (χ1n) is 8.25. The molecule has 0 radical (unpaired) electrons. The Morgan fingerprint density at radius 2 is 2.14 bits per heavy atom. The average Bonchev–Trinajstić information content (AvgIpc) is 2.91. The predicted octanol–water partition coefficient (Wildman–Crippen LogP) is 2.93. The van der Waals surface area contributed by atoms with Gasteiger partial charge in [0, 0.05) is 19.7 Å². The molecule has 4 heteroatoms. The van der Waals surface area contributed by atoms with E-state index in [1.165, 1.54) is 16.7 Å². The Hall–Kier alpha value is -1.55. The van der Waals surface area contributed by atoms with Crippen molar-refractivity contribution in [2.45, 2.75) is 52.7 Å². The Bertz CT molecular complexity index is 519. The van der Waals surface area contributed by atoms with Crippen LogP contribution in [0.4, 0.5) is 0 Å². The Morgan fingerprint density at radius 3 is 2.77 bits per heavy atom. The lowest BCUT2D eigenvalue weighted by Gasteiger charge is -2.24. The maximum atomic E-state index is 5.82. The highest BCUT2D eigenvalue weighted by atomic mass is 16.5. The molecule has 0 aromatic heterocycles. The van der Waals surface area contributed by atoms with Crippen LogP contribution in [-0.4, -0.2) is 31.3 Å². The van der Waals surface area contributed by atoms with Crippen molar-refractivity contribution in [2.75, 3.05) is 19.7 Å².